The number of fused-ring (bicyclic) bond motifs is 1. The van der Waals surface area contributed by atoms with Crippen LogP contribution in [0.25, 0.3) is 10.8 Å². The zero-order valence-corrected chi connectivity index (χ0v) is 11.5. The lowest BCUT2D eigenvalue weighted by molar-refractivity contribution is 0.832. The Hall–Kier alpha value is -2.55. The van der Waals surface area contributed by atoms with Crippen LogP contribution in [-0.4, -0.2) is 9.55 Å². The molecular formula is C17H17N3. The lowest BCUT2D eigenvalue weighted by Gasteiger charge is -2.10. The van der Waals surface area contributed by atoms with Crippen molar-refractivity contribution in [2.75, 3.05) is 5.32 Å². The van der Waals surface area contributed by atoms with E-state index in [1.165, 1.54) is 10.8 Å². The van der Waals surface area contributed by atoms with Gasteiger partial charge in [-0.2, -0.15) is 0 Å². The molecule has 0 unspecified atom stereocenters. The SMILES string of the molecule is C=CCn1cc(C)nc1Nc1cccc2ccccc12. The number of aryl methyl sites for hydroxylation is 1. The van der Waals surface area contributed by atoms with Crippen LogP contribution in [0.3, 0.4) is 0 Å². The van der Waals surface area contributed by atoms with Crippen LogP contribution in [0.5, 0.6) is 0 Å². The first kappa shape index (κ1) is 12.5. The first-order valence-corrected chi connectivity index (χ1v) is 6.67. The van der Waals surface area contributed by atoms with Gasteiger partial charge in [-0.05, 0) is 18.4 Å². The molecule has 0 saturated carbocycles. The minimum absolute atomic E-state index is 0.744. The third-order valence-corrected chi connectivity index (χ3v) is 3.26. The number of hydrogen-bond acceptors (Lipinski definition) is 2. The summed E-state index contributed by atoms with van der Waals surface area (Å²) in [7, 11) is 0. The van der Waals surface area contributed by atoms with Gasteiger partial charge in [0.25, 0.3) is 0 Å². The van der Waals surface area contributed by atoms with Crippen molar-refractivity contribution in [3.63, 3.8) is 0 Å². The van der Waals surface area contributed by atoms with Crippen LogP contribution < -0.4 is 5.32 Å². The summed E-state index contributed by atoms with van der Waals surface area (Å²) in [6.07, 6.45) is 3.89. The molecule has 3 nitrogen and oxygen atoms in total. The van der Waals surface area contributed by atoms with Crippen LogP contribution in [-0.2, 0) is 6.54 Å². The molecule has 1 heterocycles. The van der Waals surface area contributed by atoms with Gasteiger partial charge in [-0.15, -0.1) is 6.58 Å². The Kier molecular flexibility index (Phi) is 3.25. The van der Waals surface area contributed by atoms with Gasteiger partial charge in [0.15, 0.2) is 0 Å². The Morgan fingerprint density at radius 2 is 2.00 bits per heavy atom. The van der Waals surface area contributed by atoms with Gasteiger partial charge < -0.3 is 9.88 Å². The highest BCUT2D eigenvalue weighted by molar-refractivity contribution is 5.94. The van der Waals surface area contributed by atoms with Crippen LogP contribution in [0.4, 0.5) is 11.6 Å². The molecule has 0 aliphatic carbocycles. The normalized spacial score (nSPS) is 10.7. The second-order valence-corrected chi connectivity index (χ2v) is 4.80. The maximum atomic E-state index is 4.54. The second-order valence-electron chi connectivity index (χ2n) is 4.80. The fourth-order valence-electron chi connectivity index (χ4n) is 2.38. The number of rotatable bonds is 4. The number of aromatic nitrogens is 2. The van der Waals surface area contributed by atoms with Gasteiger partial charge >= 0.3 is 0 Å². The fraction of sp³-hybridized carbons (Fsp3) is 0.118. The molecule has 100 valence electrons. The molecule has 3 rings (SSSR count). The summed E-state index contributed by atoms with van der Waals surface area (Å²) in [5.74, 6) is 0.846. The minimum Gasteiger partial charge on any atom is -0.325 e. The highest BCUT2D eigenvalue weighted by Crippen LogP contribution is 2.26. The molecule has 1 N–H and O–H groups in total. The van der Waals surface area contributed by atoms with Crippen LogP contribution >= 0.6 is 0 Å². The van der Waals surface area contributed by atoms with Crippen molar-refractivity contribution >= 4 is 22.4 Å². The van der Waals surface area contributed by atoms with Crippen molar-refractivity contribution in [2.45, 2.75) is 13.5 Å². The van der Waals surface area contributed by atoms with E-state index in [1.807, 2.05) is 19.2 Å². The van der Waals surface area contributed by atoms with Crippen molar-refractivity contribution in [1.82, 2.24) is 9.55 Å². The molecule has 0 saturated heterocycles. The van der Waals surface area contributed by atoms with Crippen molar-refractivity contribution in [2.24, 2.45) is 0 Å². The number of benzene rings is 2. The summed E-state index contributed by atoms with van der Waals surface area (Å²) < 4.78 is 2.06. The molecule has 0 atom stereocenters. The van der Waals surface area contributed by atoms with Gasteiger partial charge in [0.1, 0.15) is 0 Å². The van der Waals surface area contributed by atoms with Crippen molar-refractivity contribution in [3.05, 3.63) is 67.0 Å². The predicted octanol–water partition coefficient (Wildman–Crippen LogP) is 4.27. The Bertz CT molecular complexity index is 751. The average molecular weight is 263 g/mol. The standard InChI is InChI=1S/C17H17N3/c1-3-11-20-12-13(2)18-17(20)19-16-10-6-8-14-7-4-5-9-15(14)16/h3-10,12H,1,11H2,2H3,(H,18,19). The molecule has 0 amide bonds. The number of anilines is 2. The zero-order valence-electron chi connectivity index (χ0n) is 11.5. The third kappa shape index (κ3) is 2.30. The number of imidazole rings is 1. The Balaban J connectivity index is 2.03. The Labute approximate surface area is 118 Å². The van der Waals surface area contributed by atoms with E-state index in [-0.39, 0.29) is 0 Å². The summed E-state index contributed by atoms with van der Waals surface area (Å²) >= 11 is 0. The van der Waals surface area contributed by atoms with Gasteiger partial charge in [0.05, 0.1) is 5.69 Å². The molecule has 0 spiro atoms. The average Bonchev–Trinajstić information content (AvgIpc) is 2.80. The molecule has 0 fully saturated rings. The van der Waals surface area contributed by atoms with E-state index >= 15 is 0 Å². The molecule has 1 aromatic heterocycles. The van der Waals surface area contributed by atoms with E-state index in [0.29, 0.717) is 0 Å². The van der Waals surface area contributed by atoms with Crippen LogP contribution in [0, 0.1) is 6.92 Å². The summed E-state index contributed by atoms with van der Waals surface area (Å²) in [4.78, 5) is 4.54. The molecule has 3 heteroatoms. The predicted molar refractivity (Wildman–Crippen MR) is 84.4 cm³/mol. The fourth-order valence-corrected chi connectivity index (χ4v) is 2.38. The molecule has 20 heavy (non-hydrogen) atoms. The number of hydrogen-bond donors (Lipinski definition) is 1. The molecule has 0 aliphatic rings. The van der Waals surface area contributed by atoms with Crippen LogP contribution in [0.1, 0.15) is 5.69 Å². The largest absolute Gasteiger partial charge is 0.325 e. The number of allylic oxidation sites excluding steroid dienone is 1. The van der Waals surface area contributed by atoms with Gasteiger partial charge in [-0.25, -0.2) is 4.98 Å². The van der Waals surface area contributed by atoms with E-state index in [4.69, 9.17) is 0 Å². The number of nitrogens with one attached hydrogen (secondary N) is 1. The number of nitrogens with zero attached hydrogens (tertiary/aromatic N) is 2. The summed E-state index contributed by atoms with van der Waals surface area (Å²) in [6, 6.07) is 14.6. The monoisotopic (exact) mass is 263 g/mol. The van der Waals surface area contributed by atoms with Crippen molar-refractivity contribution in [3.8, 4) is 0 Å². The van der Waals surface area contributed by atoms with E-state index in [1.54, 1.807) is 0 Å². The second kappa shape index (κ2) is 5.21. The Morgan fingerprint density at radius 1 is 1.20 bits per heavy atom. The maximum Gasteiger partial charge on any atom is 0.207 e. The first-order chi connectivity index (χ1) is 9.78. The lowest BCUT2D eigenvalue weighted by atomic mass is 10.1. The van der Waals surface area contributed by atoms with Crippen LogP contribution in [0.2, 0.25) is 0 Å². The molecule has 0 radical (unpaired) electrons. The molecule has 3 aromatic rings. The summed E-state index contributed by atoms with van der Waals surface area (Å²) in [5.41, 5.74) is 2.06. The topological polar surface area (TPSA) is 29.9 Å². The minimum atomic E-state index is 0.744. The van der Waals surface area contributed by atoms with Gasteiger partial charge in [-0.3, -0.25) is 0 Å². The van der Waals surface area contributed by atoms with Crippen molar-refractivity contribution in [1.29, 1.82) is 0 Å². The molecular weight excluding hydrogens is 246 g/mol. The van der Waals surface area contributed by atoms with E-state index < -0.39 is 0 Å². The van der Waals surface area contributed by atoms with E-state index in [9.17, 15) is 0 Å². The van der Waals surface area contributed by atoms with Gasteiger partial charge in [0, 0.05) is 23.8 Å². The quantitative estimate of drug-likeness (QED) is 0.712. The maximum absolute atomic E-state index is 4.54. The van der Waals surface area contributed by atoms with E-state index in [0.717, 1.165) is 23.9 Å². The third-order valence-electron chi connectivity index (χ3n) is 3.26. The highest BCUT2D eigenvalue weighted by atomic mass is 15.2. The van der Waals surface area contributed by atoms with E-state index in [2.05, 4.69) is 63.9 Å². The molecule has 0 bridgehead atoms. The van der Waals surface area contributed by atoms with Crippen molar-refractivity contribution < 1.29 is 0 Å². The Morgan fingerprint density at radius 3 is 2.85 bits per heavy atom. The summed E-state index contributed by atoms with van der Waals surface area (Å²) in [5, 5.41) is 5.84. The highest BCUT2D eigenvalue weighted by Gasteiger charge is 2.06. The lowest BCUT2D eigenvalue weighted by Crippen LogP contribution is -2.02. The van der Waals surface area contributed by atoms with Gasteiger partial charge in [0.2, 0.25) is 5.95 Å². The molecule has 2 aromatic carbocycles. The zero-order chi connectivity index (χ0) is 13.9. The van der Waals surface area contributed by atoms with Crippen LogP contribution in [0.15, 0.2) is 61.3 Å². The summed E-state index contributed by atoms with van der Waals surface area (Å²) in [6.45, 7) is 6.52. The van der Waals surface area contributed by atoms with Gasteiger partial charge in [-0.1, -0.05) is 42.5 Å². The first-order valence-electron chi connectivity index (χ1n) is 6.67. The smallest absolute Gasteiger partial charge is 0.207 e. The molecule has 0 aliphatic heterocycles.